The van der Waals surface area contributed by atoms with Gasteiger partial charge in [0.15, 0.2) is 11.6 Å². The summed E-state index contributed by atoms with van der Waals surface area (Å²) in [6.07, 6.45) is 1.93. The molecule has 2 heterocycles. The molecule has 0 spiro atoms. The number of ether oxygens (including phenoxy) is 2. The molecule has 4 rings (SSSR count). The van der Waals surface area contributed by atoms with Gasteiger partial charge in [-0.2, -0.15) is 0 Å². The van der Waals surface area contributed by atoms with Gasteiger partial charge in [-0.3, -0.25) is 4.79 Å². The van der Waals surface area contributed by atoms with Crippen molar-refractivity contribution in [1.29, 1.82) is 0 Å². The van der Waals surface area contributed by atoms with E-state index in [0.29, 0.717) is 33.6 Å². The fraction of sp³-hybridized carbons (Fsp3) is 0.190. The van der Waals surface area contributed by atoms with Gasteiger partial charge in [-0.1, -0.05) is 42.2 Å². The third-order valence-corrected chi connectivity index (χ3v) is 5.92. The topological polar surface area (TPSA) is 67.9 Å². The van der Waals surface area contributed by atoms with E-state index in [-0.39, 0.29) is 23.8 Å². The van der Waals surface area contributed by atoms with Gasteiger partial charge in [0.1, 0.15) is 16.7 Å². The minimum Gasteiger partial charge on any atom is -0.454 e. The highest BCUT2D eigenvalue weighted by molar-refractivity contribution is 8.26. The molecule has 2 amide bonds. The number of cyclic esters (lactones) is 1. The zero-order valence-corrected chi connectivity index (χ0v) is 17.5. The summed E-state index contributed by atoms with van der Waals surface area (Å²) < 4.78 is 25.5. The number of rotatable bonds is 5. The molecule has 1 N–H and O–H groups in total. The van der Waals surface area contributed by atoms with Crippen molar-refractivity contribution in [3.63, 3.8) is 0 Å². The van der Waals surface area contributed by atoms with Crippen LogP contribution in [0.15, 0.2) is 47.4 Å². The average molecular weight is 445 g/mol. The monoisotopic (exact) mass is 444 g/mol. The third kappa shape index (κ3) is 4.47. The zero-order valence-electron chi connectivity index (χ0n) is 15.9. The number of carbonyl (C=O) groups is 2. The lowest BCUT2D eigenvalue weighted by Crippen LogP contribution is -2.30. The van der Waals surface area contributed by atoms with Gasteiger partial charge < -0.3 is 19.7 Å². The predicted octanol–water partition coefficient (Wildman–Crippen LogP) is 4.10. The average Bonchev–Trinajstić information content (AvgIpc) is 3.20. The molecule has 1 atom stereocenters. The fourth-order valence-electron chi connectivity index (χ4n) is 3.08. The summed E-state index contributed by atoms with van der Waals surface area (Å²) >= 11 is 6.08. The Morgan fingerprint density at radius 2 is 2.07 bits per heavy atom. The van der Waals surface area contributed by atoms with Crippen LogP contribution < -0.4 is 10.1 Å². The Morgan fingerprint density at radius 1 is 1.30 bits per heavy atom. The summed E-state index contributed by atoms with van der Waals surface area (Å²) in [5, 5.41) is 2.52. The molecule has 2 saturated heterocycles. The molecule has 30 heavy (non-hydrogen) atoms. The van der Waals surface area contributed by atoms with Crippen molar-refractivity contribution in [2.75, 3.05) is 13.7 Å². The number of benzene rings is 2. The first kappa shape index (κ1) is 20.4. The van der Waals surface area contributed by atoms with E-state index in [1.165, 1.54) is 12.1 Å². The van der Waals surface area contributed by atoms with Gasteiger partial charge in [0.25, 0.3) is 5.91 Å². The minimum absolute atomic E-state index is 0.00199. The molecule has 0 bridgehead atoms. The van der Waals surface area contributed by atoms with Crippen LogP contribution in [0.2, 0.25) is 0 Å². The van der Waals surface area contributed by atoms with Crippen LogP contribution in [0.4, 0.5) is 9.18 Å². The maximum Gasteiger partial charge on any atom is 0.409 e. The number of thioether (sulfide) groups is 1. The van der Waals surface area contributed by atoms with E-state index >= 15 is 0 Å². The van der Waals surface area contributed by atoms with Crippen LogP contribution in [0, 0.1) is 5.82 Å². The van der Waals surface area contributed by atoms with Crippen molar-refractivity contribution in [2.24, 2.45) is 0 Å². The fourth-order valence-corrected chi connectivity index (χ4v) is 4.12. The van der Waals surface area contributed by atoms with E-state index < -0.39 is 5.82 Å². The largest absolute Gasteiger partial charge is 0.454 e. The Balaban J connectivity index is 1.42. The molecular weight excluding hydrogens is 427 g/mol. The molecule has 0 radical (unpaired) electrons. The Kier molecular flexibility index (Phi) is 5.74. The van der Waals surface area contributed by atoms with Crippen molar-refractivity contribution in [3.8, 4) is 11.5 Å². The second kappa shape index (κ2) is 8.45. The highest BCUT2D eigenvalue weighted by Crippen LogP contribution is 2.29. The van der Waals surface area contributed by atoms with Gasteiger partial charge in [-0.25, -0.2) is 9.18 Å². The Hall–Kier alpha value is -2.91. The summed E-state index contributed by atoms with van der Waals surface area (Å²) in [7, 11) is 1.71. The normalized spacial score (nSPS) is 19.9. The third-order valence-electron chi connectivity index (χ3n) is 4.75. The van der Waals surface area contributed by atoms with Crippen LogP contribution in [0.3, 0.4) is 0 Å². The lowest BCUT2D eigenvalue weighted by atomic mass is 10.1. The Bertz CT molecular complexity index is 1060. The number of carbonyl (C=O) groups excluding carboxylic acids is 2. The Morgan fingerprint density at radius 3 is 2.67 bits per heavy atom. The quantitative estimate of drug-likeness (QED) is 0.553. The van der Waals surface area contributed by atoms with Crippen LogP contribution in [0.1, 0.15) is 11.1 Å². The van der Waals surface area contributed by atoms with Crippen molar-refractivity contribution >= 4 is 46.4 Å². The molecule has 6 nitrogen and oxygen atoms in total. The SMILES string of the molecule is CN1C(=O)OCC1Cc1ccc(Oc2ccc(/C=C3/SC(=S)NC3=O)cc2F)cc1. The molecule has 0 aliphatic carbocycles. The van der Waals surface area contributed by atoms with Gasteiger partial charge in [0.2, 0.25) is 0 Å². The van der Waals surface area contributed by atoms with Crippen LogP contribution in [0.25, 0.3) is 6.08 Å². The van der Waals surface area contributed by atoms with E-state index in [4.69, 9.17) is 21.7 Å². The number of halogens is 1. The zero-order chi connectivity index (χ0) is 21.3. The highest BCUT2D eigenvalue weighted by atomic mass is 32.2. The first-order valence-electron chi connectivity index (χ1n) is 9.10. The molecule has 2 aromatic carbocycles. The summed E-state index contributed by atoms with van der Waals surface area (Å²) in [5.74, 6) is -0.251. The molecular formula is C21H17FN2O4S2. The summed E-state index contributed by atoms with van der Waals surface area (Å²) in [5.41, 5.74) is 1.56. The van der Waals surface area contributed by atoms with Crippen LogP contribution in [-0.4, -0.2) is 40.9 Å². The number of amides is 2. The molecule has 0 saturated carbocycles. The van der Waals surface area contributed by atoms with E-state index in [1.807, 2.05) is 12.1 Å². The Labute approximate surface area is 182 Å². The molecule has 2 aromatic rings. The number of hydrogen-bond acceptors (Lipinski definition) is 6. The van der Waals surface area contributed by atoms with Crippen LogP contribution >= 0.6 is 24.0 Å². The second-order valence-electron chi connectivity index (χ2n) is 6.83. The first-order chi connectivity index (χ1) is 14.4. The van der Waals surface area contributed by atoms with Crippen molar-refractivity contribution in [1.82, 2.24) is 10.2 Å². The molecule has 2 fully saturated rings. The lowest BCUT2D eigenvalue weighted by molar-refractivity contribution is -0.115. The van der Waals surface area contributed by atoms with Crippen molar-refractivity contribution < 1.29 is 23.5 Å². The maximum absolute atomic E-state index is 14.5. The molecule has 2 aliphatic heterocycles. The predicted molar refractivity (Wildman–Crippen MR) is 116 cm³/mol. The van der Waals surface area contributed by atoms with Crippen LogP contribution in [-0.2, 0) is 16.0 Å². The van der Waals surface area contributed by atoms with Gasteiger partial charge >= 0.3 is 6.09 Å². The van der Waals surface area contributed by atoms with Crippen molar-refractivity contribution in [2.45, 2.75) is 12.5 Å². The molecule has 9 heteroatoms. The van der Waals surface area contributed by atoms with E-state index in [2.05, 4.69) is 5.32 Å². The van der Waals surface area contributed by atoms with Gasteiger partial charge in [-0.05, 0) is 47.9 Å². The van der Waals surface area contributed by atoms with Crippen LogP contribution in [0.5, 0.6) is 11.5 Å². The van der Waals surface area contributed by atoms with Gasteiger partial charge in [0, 0.05) is 7.05 Å². The molecule has 0 aromatic heterocycles. The maximum atomic E-state index is 14.5. The van der Waals surface area contributed by atoms with E-state index in [1.54, 1.807) is 36.2 Å². The number of nitrogens with one attached hydrogen (secondary N) is 1. The van der Waals surface area contributed by atoms with E-state index in [0.717, 1.165) is 17.3 Å². The van der Waals surface area contributed by atoms with Crippen molar-refractivity contribution in [3.05, 3.63) is 64.3 Å². The molecule has 154 valence electrons. The smallest absolute Gasteiger partial charge is 0.409 e. The standard InChI is InChI=1S/C21H17FN2O4S2/c1-24-14(11-27-21(24)26)8-12-2-5-15(6-3-12)28-17-7-4-13(9-16(17)22)10-18-19(25)23-20(29)30-18/h2-7,9-10,14H,8,11H2,1H3,(H,23,25,29)/b18-10+. The number of likely N-dealkylation sites (N-methyl/N-ethyl adjacent to an activating group) is 1. The molecule has 2 aliphatic rings. The van der Waals surface area contributed by atoms with Gasteiger partial charge in [0.05, 0.1) is 10.9 Å². The second-order valence-corrected chi connectivity index (χ2v) is 8.55. The number of thiocarbonyl (C=S) groups is 1. The first-order valence-corrected chi connectivity index (χ1v) is 10.3. The summed E-state index contributed by atoms with van der Waals surface area (Å²) in [4.78, 5) is 25.2. The highest BCUT2D eigenvalue weighted by Gasteiger charge is 2.29. The summed E-state index contributed by atoms with van der Waals surface area (Å²) in [6.45, 7) is 0.368. The minimum atomic E-state index is -0.539. The lowest BCUT2D eigenvalue weighted by Gasteiger charge is -2.16. The van der Waals surface area contributed by atoms with E-state index in [9.17, 15) is 14.0 Å². The summed E-state index contributed by atoms with van der Waals surface area (Å²) in [6, 6.07) is 11.7. The number of hydrogen-bond donors (Lipinski definition) is 1. The molecule has 1 unspecified atom stereocenters. The van der Waals surface area contributed by atoms with Gasteiger partial charge in [-0.15, -0.1) is 0 Å². The number of nitrogens with zero attached hydrogens (tertiary/aromatic N) is 1.